The van der Waals surface area contributed by atoms with Crippen LogP contribution in [0.15, 0.2) is 0 Å². The van der Waals surface area contributed by atoms with Crippen LogP contribution in [0.5, 0.6) is 0 Å². The van der Waals surface area contributed by atoms with Crippen molar-refractivity contribution in [3.63, 3.8) is 0 Å². The van der Waals surface area contributed by atoms with E-state index in [4.69, 9.17) is 5.73 Å². The summed E-state index contributed by atoms with van der Waals surface area (Å²) in [5, 5.41) is 18.6. The number of rotatable bonds is 6. The van der Waals surface area contributed by atoms with Crippen LogP contribution in [0, 0.1) is 5.92 Å². The lowest BCUT2D eigenvalue weighted by Gasteiger charge is -2.17. The summed E-state index contributed by atoms with van der Waals surface area (Å²) in [4.78, 5) is 12.0. The Morgan fingerprint density at radius 3 is 2.67 bits per heavy atom. The van der Waals surface area contributed by atoms with Crippen molar-refractivity contribution < 1.29 is 9.90 Å². The highest BCUT2D eigenvalue weighted by atomic mass is 16.3. The molecule has 1 aromatic heterocycles. The number of aromatic amines is 1. The molecule has 1 atom stereocenters. The number of amides is 1. The van der Waals surface area contributed by atoms with Crippen LogP contribution in [0.2, 0.25) is 0 Å². The van der Waals surface area contributed by atoms with Gasteiger partial charge in [-0.05, 0) is 18.8 Å². The summed E-state index contributed by atoms with van der Waals surface area (Å²) >= 11 is 0. The first-order valence-electron chi connectivity index (χ1n) is 6.24. The first-order valence-corrected chi connectivity index (χ1v) is 6.24. The van der Waals surface area contributed by atoms with Gasteiger partial charge >= 0.3 is 0 Å². The second-order valence-corrected chi connectivity index (χ2v) is 4.80. The largest absolute Gasteiger partial charge is 0.395 e. The molecule has 0 radical (unpaired) electrons. The fraction of sp³-hybridized carbons (Fsp3) is 0.667. The fourth-order valence-electron chi connectivity index (χ4n) is 1.83. The minimum atomic E-state index is -0.344. The number of nitrogens with one attached hydrogen (secondary N) is 2. The fourth-order valence-corrected chi connectivity index (χ4v) is 1.83. The standard InChI is InChI=1S/C12H22N4O2/c1-4-9-10(13)11(16-15-9)12(18)14-8(6-17)5-7(2)3/h7-8,17H,4-6,13H2,1-3H3,(H,14,18)(H,15,16). The Kier molecular flexibility index (Phi) is 5.15. The molecule has 102 valence electrons. The number of aliphatic hydroxyl groups is 1. The highest BCUT2D eigenvalue weighted by Crippen LogP contribution is 2.14. The molecule has 0 saturated heterocycles. The summed E-state index contributed by atoms with van der Waals surface area (Å²) in [6.07, 6.45) is 1.41. The quantitative estimate of drug-likeness (QED) is 0.599. The van der Waals surface area contributed by atoms with E-state index in [-0.39, 0.29) is 24.2 Å². The molecule has 0 fully saturated rings. The van der Waals surface area contributed by atoms with E-state index in [1.807, 2.05) is 20.8 Å². The molecule has 18 heavy (non-hydrogen) atoms. The topological polar surface area (TPSA) is 104 Å². The van der Waals surface area contributed by atoms with Crippen LogP contribution in [-0.4, -0.2) is 33.9 Å². The third-order valence-electron chi connectivity index (χ3n) is 2.76. The summed E-state index contributed by atoms with van der Waals surface area (Å²) in [6, 6.07) is -0.265. The second kappa shape index (κ2) is 6.39. The second-order valence-electron chi connectivity index (χ2n) is 4.80. The molecule has 0 saturated carbocycles. The number of carbonyl (C=O) groups excluding carboxylic acids is 1. The molecule has 5 N–H and O–H groups in total. The summed E-state index contributed by atoms with van der Waals surface area (Å²) in [7, 11) is 0. The van der Waals surface area contributed by atoms with Crippen molar-refractivity contribution in [1.82, 2.24) is 15.5 Å². The molecule has 6 nitrogen and oxygen atoms in total. The van der Waals surface area contributed by atoms with Crippen LogP contribution in [0.3, 0.4) is 0 Å². The van der Waals surface area contributed by atoms with Crippen LogP contribution in [0.25, 0.3) is 0 Å². The number of aromatic nitrogens is 2. The van der Waals surface area contributed by atoms with Crippen molar-refractivity contribution >= 4 is 11.6 Å². The Balaban J connectivity index is 2.71. The molecule has 0 aliphatic carbocycles. The van der Waals surface area contributed by atoms with E-state index in [0.717, 1.165) is 5.69 Å². The predicted molar refractivity (Wildman–Crippen MR) is 70.2 cm³/mol. The van der Waals surface area contributed by atoms with Gasteiger partial charge in [-0.1, -0.05) is 20.8 Å². The summed E-state index contributed by atoms with van der Waals surface area (Å²) < 4.78 is 0. The Bertz CT molecular complexity index is 401. The summed E-state index contributed by atoms with van der Waals surface area (Å²) in [5.74, 6) is 0.0494. The van der Waals surface area contributed by atoms with Gasteiger partial charge in [-0.2, -0.15) is 5.10 Å². The van der Waals surface area contributed by atoms with E-state index in [1.165, 1.54) is 0 Å². The van der Waals surface area contributed by atoms with Gasteiger partial charge < -0.3 is 16.2 Å². The van der Waals surface area contributed by atoms with Crippen LogP contribution in [-0.2, 0) is 6.42 Å². The van der Waals surface area contributed by atoms with Gasteiger partial charge in [-0.15, -0.1) is 0 Å². The first kappa shape index (κ1) is 14.5. The molecule has 0 aliphatic rings. The predicted octanol–water partition coefficient (Wildman–Crippen LogP) is 0.691. The molecule has 0 spiro atoms. The molecule has 0 aromatic carbocycles. The van der Waals surface area contributed by atoms with Crippen molar-refractivity contribution in [1.29, 1.82) is 0 Å². The first-order chi connectivity index (χ1) is 8.49. The number of aryl methyl sites for hydroxylation is 1. The van der Waals surface area contributed by atoms with Gasteiger partial charge in [0, 0.05) is 0 Å². The van der Waals surface area contributed by atoms with Crippen molar-refractivity contribution in [2.75, 3.05) is 12.3 Å². The van der Waals surface area contributed by atoms with Gasteiger partial charge in [0.2, 0.25) is 0 Å². The number of nitrogens with zero attached hydrogens (tertiary/aromatic N) is 1. The van der Waals surface area contributed by atoms with Gasteiger partial charge in [0.25, 0.3) is 5.91 Å². The van der Waals surface area contributed by atoms with E-state index in [1.54, 1.807) is 0 Å². The number of nitrogens with two attached hydrogens (primary N) is 1. The van der Waals surface area contributed by atoms with Crippen LogP contribution < -0.4 is 11.1 Å². The minimum absolute atomic E-state index is 0.0884. The smallest absolute Gasteiger partial charge is 0.274 e. The minimum Gasteiger partial charge on any atom is -0.395 e. The number of anilines is 1. The molecular formula is C12H22N4O2. The van der Waals surface area contributed by atoms with Gasteiger partial charge in [0.1, 0.15) is 0 Å². The highest BCUT2D eigenvalue weighted by molar-refractivity contribution is 5.97. The average Bonchev–Trinajstić information content (AvgIpc) is 2.68. The molecule has 0 aliphatic heterocycles. The van der Waals surface area contributed by atoms with Gasteiger partial charge in [0.15, 0.2) is 5.69 Å². The van der Waals surface area contributed by atoms with Crippen molar-refractivity contribution in [2.24, 2.45) is 5.92 Å². The maximum Gasteiger partial charge on any atom is 0.274 e. The van der Waals surface area contributed by atoms with Crippen LogP contribution in [0.4, 0.5) is 5.69 Å². The maximum absolute atomic E-state index is 12.0. The van der Waals surface area contributed by atoms with Crippen LogP contribution in [0.1, 0.15) is 43.4 Å². The van der Waals surface area contributed by atoms with Crippen LogP contribution >= 0.6 is 0 Å². The summed E-state index contributed by atoms with van der Waals surface area (Å²) in [5.41, 5.74) is 7.16. The van der Waals surface area contributed by atoms with Gasteiger partial charge in [-0.25, -0.2) is 0 Å². The monoisotopic (exact) mass is 254 g/mol. The van der Waals surface area contributed by atoms with E-state index >= 15 is 0 Å². The third-order valence-corrected chi connectivity index (χ3v) is 2.76. The van der Waals surface area contributed by atoms with Crippen molar-refractivity contribution in [3.05, 3.63) is 11.4 Å². The summed E-state index contributed by atoms with van der Waals surface area (Å²) in [6.45, 7) is 5.91. The Labute approximate surface area is 107 Å². The number of carbonyl (C=O) groups is 1. The number of nitrogen functional groups attached to an aromatic ring is 1. The Morgan fingerprint density at radius 2 is 2.22 bits per heavy atom. The zero-order valence-electron chi connectivity index (χ0n) is 11.2. The lowest BCUT2D eigenvalue weighted by molar-refractivity contribution is 0.0904. The zero-order valence-corrected chi connectivity index (χ0v) is 11.2. The molecule has 1 unspecified atom stereocenters. The van der Waals surface area contributed by atoms with Crippen molar-refractivity contribution in [2.45, 2.75) is 39.7 Å². The Hall–Kier alpha value is -1.56. The van der Waals surface area contributed by atoms with E-state index in [2.05, 4.69) is 15.5 Å². The number of H-pyrrole nitrogens is 1. The zero-order chi connectivity index (χ0) is 13.7. The third kappa shape index (κ3) is 3.46. The maximum atomic E-state index is 12.0. The number of hydrogen-bond donors (Lipinski definition) is 4. The molecule has 1 rings (SSSR count). The molecule has 6 heteroatoms. The lowest BCUT2D eigenvalue weighted by Crippen LogP contribution is -2.38. The number of hydrogen-bond acceptors (Lipinski definition) is 4. The number of aliphatic hydroxyl groups excluding tert-OH is 1. The lowest BCUT2D eigenvalue weighted by atomic mass is 10.0. The van der Waals surface area contributed by atoms with E-state index in [0.29, 0.717) is 24.4 Å². The van der Waals surface area contributed by atoms with Crippen molar-refractivity contribution in [3.8, 4) is 0 Å². The molecule has 1 amide bonds. The molecule has 1 aromatic rings. The molecule has 1 heterocycles. The highest BCUT2D eigenvalue weighted by Gasteiger charge is 2.20. The van der Waals surface area contributed by atoms with Gasteiger partial charge in [-0.3, -0.25) is 9.89 Å². The Morgan fingerprint density at radius 1 is 1.56 bits per heavy atom. The normalized spacial score (nSPS) is 12.7. The SMILES string of the molecule is CCc1[nH]nc(C(=O)NC(CO)CC(C)C)c1N. The van der Waals surface area contributed by atoms with Gasteiger partial charge in [0.05, 0.1) is 24.0 Å². The van der Waals surface area contributed by atoms with E-state index in [9.17, 15) is 9.90 Å². The molecular weight excluding hydrogens is 232 g/mol. The average molecular weight is 254 g/mol. The van der Waals surface area contributed by atoms with E-state index < -0.39 is 0 Å². The molecule has 0 bridgehead atoms.